The van der Waals surface area contributed by atoms with Gasteiger partial charge >= 0.3 is 6.03 Å². The van der Waals surface area contributed by atoms with Crippen LogP contribution in [-0.2, 0) is 13.0 Å². The molecule has 0 radical (unpaired) electrons. The Morgan fingerprint density at radius 3 is 2.67 bits per heavy atom. The predicted molar refractivity (Wildman–Crippen MR) is 84.0 cm³/mol. The van der Waals surface area contributed by atoms with Crippen LogP contribution < -0.4 is 10.6 Å². The summed E-state index contributed by atoms with van der Waals surface area (Å²) in [6.45, 7) is 2.82. The summed E-state index contributed by atoms with van der Waals surface area (Å²) in [5.41, 5.74) is 2.43. The van der Waals surface area contributed by atoms with Crippen LogP contribution in [0.5, 0.6) is 0 Å². The molecule has 2 rings (SSSR count). The average Bonchev–Trinajstić information content (AvgIpc) is 2.53. The molecule has 4 heteroatoms. The van der Waals surface area contributed by atoms with E-state index < -0.39 is 0 Å². The van der Waals surface area contributed by atoms with E-state index in [1.165, 1.54) is 5.56 Å². The van der Waals surface area contributed by atoms with Gasteiger partial charge in [-0.15, -0.1) is 0 Å². The number of urea groups is 1. The van der Waals surface area contributed by atoms with Crippen molar-refractivity contribution in [1.29, 1.82) is 0 Å². The van der Waals surface area contributed by atoms with Crippen LogP contribution in [0.25, 0.3) is 0 Å². The first-order valence-electron chi connectivity index (χ1n) is 7.96. The van der Waals surface area contributed by atoms with Crippen LogP contribution in [0.4, 0.5) is 4.79 Å². The number of aryl methyl sites for hydroxylation is 1. The minimum atomic E-state index is -0.133. The zero-order valence-corrected chi connectivity index (χ0v) is 12.8. The van der Waals surface area contributed by atoms with Gasteiger partial charge in [-0.2, -0.15) is 0 Å². The van der Waals surface area contributed by atoms with Gasteiger partial charge in [-0.3, -0.25) is 0 Å². The Morgan fingerprint density at radius 1 is 1.24 bits per heavy atom. The first kappa shape index (κ1) is 15.8. The summed E-state index contributed by atoms with van der Waals surface area (Å²) in [6, 6.07) is 8.14. The van der Waals surface area contributed by atoms with Crippen molar-refractivity contribution >= 4 is 6.03 Å². The third kappa shape index (κ3) is 4.46. The lowest BCUT2D eigenvalue weighted by Gasteiger charge is -2.30. The molecule has 1 aromatic carbocycles. The first-order valence-corrected chi connectivity index (χ1v) is 7.96. The molecule has 0 saturated heterocycles. The monoisotopic (exact) mass is 290 g/mol. The number of benzene rings is 1. The molecule has 21 heavy (non-hydrogen) atoms. The molecule has 1 aliphatic rings. The van der Waals surface area contributed by atoms with E-state index in [2.05, 4.69) is 29.7 Å². The average molecular weight is 290 g/mol. The van der Waals surface area contributed by atoms with Gasteiger partial charge in [0.1, 0.15) is 0 Å². The maximum atomic E-state index is 12.0. The standard InChI is InChI=1S/C17H26N2O2/c1-2-13-7-3-4-8-14(13)11-18-17(21)19-16-10-6-5-9-15(16)12-20/h3-4,7-8,15-16,20H,2,5-6,9-12H2,1H3,(H2,18,19,21). The molecular formula is C17H26N2O2. The summed E-state index contributed by atoms with van der Waals surface area (Å²) < 4.78 is 0. The Bertz CT molecular complexity index is 462. The molecule has 1 aliphatic carbocycles. The molecule has 2 unspecified atom stereocenters. The van der Waals surface area contributed by atoms with Gasteiger partial charge in [0.15, 0.2) is 0 Å². The fraction of sp³-hybridized carbons (Fsp3) is 0.588. The van der Waals surface area contributed by atoms with Gasteiger partial charge in [-0.1, -0.05) is 44.0 Å². The lowest BCUT2D eigenvalue weighted by Crippen LogP contribution is -2.47. The van der Waals surface area contributed by atoms with Crippen LogP contribution >= 0.6 is 0 Å². The summed E-state index contributed by atoms with van der Waals surface area (Å²) in [6.07, 6.45) is 5.20. The predicted octanol–water partition coefficient (Wildman–Crippen LogP) is 2.60. The summed E-state index contributed by atoms with van der Waals surface area (Å²) in [4.78, 5) is 12.0. The topological polar surface area (TPSA) is 61.4 Å². The molecular weight excluding hydrogens is 264 g/mol. The summed E-state index contributed by atoms with van der Waals surface area (Å²) >= 11 is 0. The van der Waals surface area contributed by atoms with Gasteiger partial charge in [0, 0.05) is 25.1 Å². The molecule has 2 atom stereocenters. The molecule has 3 N–H and O–H groups in total. The fourth-order valence-corrected chi connectivity index (χ4v) is 3.09. The quantitative estimate of drug-likeness (QED) is 0.780. The van der Waals surface area contributed by atoms with Gasteiger partial charge in [0.25, 0.3) is 0 Å². The SMILES string of the molecule is CCc1ccccc1CNC(=O)NC1CCCCC1CO. The van der Waals surface area contributed by atoms with Gasteiger partial charge < -0.3 is 15.7 Å². The molecule has 1 fully saturated rings. The summed E-state index contributed by atoms with van der Waals surface area (Å²) in [5.74, 6) is 0.201. The van der Waals surface area contributed by atoms with Crippen LogP contribution in [-0.4, -0.2) is 23.8 Å². The van der Waals surface area contributed by atoms with Crippen LogP contribution in [0.3, 0.4) is 0 Å². The highest BCUT2D eigenvalue weighted by atomic mass is 16.3. The molecule has 0 bridgehead atoms. The molecule has 0 spiro atoms. The van der Waals surface area contributed by atoms with E-state index in [1.807, 2.05) is 12.1 Å². The smallest absolute Gasteiger partial charge is 0.315 e. The molecule has 2 amide bonds. The van der Waals surface area contributed by atoms with Crippen molar-refractivity contribution in [3.63, 3.8) is 0 Å². The van der Waals surface area contributed by atoms with Crippen LogP contribution in [0.15, 0.2) is 24.3 Å². The Balaban J connectivity index is 1.84. The minimum absolute atomic E-state index is 0.102. The Labute approximate surface area is 126 Å². The highest BCUT2D eigenvalue weighted by Crippen LogP contribution is 2.23. The number of rotatable bonds is 5. The third-order valence-electron chi connectivity index (χ3n) is 4.40. The molecule has 0 heterocycles. The van der Waals surface area contributed by atoms with Crippen molar-refractivity contribution in [3.8, 4) is 0 Å². The third-order valence-corrected chi connectivity index (χ3v) is 4.40. The number of hydrogen-bond donors (Lipinski definition) is 3. The molecule has 4 nitrogen and oxygen atoms in total. The van der Waals surface area contributed by atoms with Crippen LogP contribution in [0, 0.1) is 5.92 Å². The van der Waals surface area contributed by atoms with E-state index in [9.17, 15) is 9.90 Å². The van der Waals surface area contributed by atoms with E-state index >= 15 is 0 Å². The van der Waals surface area contributed by atoms with E-state index in [0.717, 1.165) is 37.7 Å². The van der Waals surface area contributed by atoms with E-state index in [4.69, 9.17) is 0 Å². The number of aliphatic hydroxyl groups is 1. The highest BCUT2D eigenvalue weighted by Gasteiger charge is 2.25. The largest absolute Gasteiger partial charge is 0.396 e. The molecule has 1 saturated carbocycles. The van der Waals surface area contributed by atoms with E-state index in [0.29, 0.717) is 6.54 Å². The van der Waals surface area contributed by atoms with Gasteiger partial charge in [-0.05, 0) is 30.4 Å². The van der Waals surface area contributed by atoms with Crippen LogP contribution in [0.1, 0.15) is 43.7 Å². The minimum Gasteiger partial charge on any atom is -0.396 e. The maximum absolute atomic E-state index is 12.0. The second-order valence-corrected chi connectivity index (χ2v) is 5.78. The number of aliphatic hydroxyl groups excluding tert-OH is 1. The number of nitrogens with one attached hydrogen (secondary N) is 2. The van der Waals surface area contributed by atoms with Gasteiger partial charge in [-0.25, -0.2) is 4.79 Å². The Morgan fingerprint density at radius 2 is 1.95 bits per heavy atom. The van der Waals surface area contributed by atoms with E-state index in [-0.39, 0.29) is 24.6 Å². The summed E-state index contributed by atoms with van der Waals surface area (Å²) in [7, 11) is 0. The maximum Gasteiger partial charge on any atom is 0.315 e. The fourth-order valence-electron chi connectivity index (χ4n) is 3.09. The van der Waals surface area contributed by atoms with Crippen molar-refractivity contribution in [3.05, 3.63) is 35.4 Å². The number of carbonyl (C=O) groups excluding carboxylic acids is 1. The Hall–Kier alpha value is -1.55. The molecule has 0 aliphatic heterocycles. The van der Waals surface area contributed by atoms with Crippen molar-refractivity contribution in [1.82, 2.24) is 10.6 Å². The van der Waals surface area contributed by atoms with Crippen LogP contribution in [0.2, 0.25) is 0 Å². The molecule has 0 aromatic heterocycles. The van der Waals surface area contributed by atoms with Crippen molar-refractivity contribution < 1.29 is 9.90 Å². The van der Waals surface area contributed by atoms with Gasteiger partial charge in [0.2, 0.25) is 0 Å². The van der Waals surface area contributed by atoms with Gasteiger partial charge in [0.05, 0.1) is 0 Å². The summed E-state index contributed by atoms with van der Waals surface area (Å²) in [5, 5.41) is 15.3. The van der Waals surface area contributed by atoms with Crippen molar-refractivity contribution in [2.75, 3.05) is 6.61 Å². The zero-order chi connectivity index (χ0) is 15.1. The second kappa shape index (κ2) is 8.03. The zero-order valence-electron chi connectivity index (χ0n) is 12.8. The number of hydrogen-bond acceptors (Lipinski definition) is 2. The van der Waals surface area contributed by atoms with Crippen molar-refractivity contribution in [2.24, 2.45) is 5.92 Å². The second-order valence-electron chi connectivity index (χ2n) is 5.78. The lowest BCUT2D eigenvalue weighted by molar-refractivity contribution is 0.153. The Kier molecular flexibility index (Phi) is 6.05. The lowest BCUT2D eigenvalue weighted by atomic mass is 9.85. The molecule has 116 valence electrons. The normalized spacial score (nSPS) is 21.8. The first-order chi connectivity index (χ1) is 10.2. The molecule has 1 aromatic rings. The van der Waals surface area contributed by atoms with E-state index in [1.54, 1.807) is 0 Å². The van der Waals surface area contributed by atoms with Crippen molar-refractivity contribution in [2.45, 2.75) is 51.6 Å². The number of carbonyl (C=O) groups is 1. The number of amides is 2. The highest BCUT2D eigenvalue weighted by molar-refractivity contribution is 5.74.